The lowest BCUT2D eigenvalue weighted by atomic mass is 10.2. The van der Waals surface area contributed by atoms with Crippen molar-refractivity contribution in [3.8, 4) is 0 Å². The Labute approximate surface area is 260 Å². The van der Waals surface area contributed by atoms with Gasteiger partial charge in [0.1, 0.15) is 21.9 Å². The molecule has 0 atom stereocenters. The number of rotatable bonds is 5. The molecular weight excluding hydrogens is 595 g/mol. The van der Waals surface area contributed by atoms with Gasteiger partial charge in [-0.05, 0) is 41.0 Å². The molecule has 0 aliphatic rings. The van der Waals surface area contributed by atoms with Gasteiger partial charge in [-0.2, -0.15) is 4.37 Å². The highest BCUT2D eigenvalue weighted by atomic mass is 32.1. The fourth-order valence-corrected chi connectivity index (χ4v) is 5.37. The maximum atomic E-state index is 4.13. The van der Waals surface area contributed by atoms with Crippen molar-refractivity contribution < 1.29 is 0 Å². The van der Waals surface area contributed by atoms with Crippen LogP contribution in [0.25, 0.3) is 0 Å². The van der Waals surface area contributed by atoms with Crippen LogP contribution in [-0.4, -0.2) is 33.9 Å². The molecule has 0 saturated carbocycles. The van der Waals surface area contributed by atoms with Gasteiger partial charge in [-0.25, -0.2) is 14.3 Å². The van der Waals surface area contributed by atoms with E-state index in [1.54, 1.807) is 57.4 Å². The summed E-state index contributed by atoms with van der Waals surface area (Å²) in [5.41, 5.74) is 3.63. The molecule has 220 valence electrons. The fourth-order valence-electron chi connectivity index (χ4n) is 2.42. The minimum atomic E-state index is 0.530. The first kappa shape index (κ1) is 36.0. The molecule has 12 heteroatoms. The van der Waals surface area contributed by atoms with Crippen LogP contribution in [0.2, 0.25) is 0 Å². The summed E-state index contributed by atoms with van der Waals surface area (Å²) in [6.07, 6.45) is 7.22. The van der Waals surface area contributed by atoms with Crippen molar-refractivity contribution in [3.05, 3.63) is 72.2 Å². The minimum Gasteiger partial charge on any atom is -0.253 e. The number of nitrogens with zero attached hydrogens (tertiary/aromatic N) is 7. The molecule has 0 N–H and O–H groups in total. The predicted octanol–water partition coefficient (Wildman–Crippen LogP) is 10.1. The summed E-state index contributed by atoms with van der Waals surface area (Å²) in [4.78, 5) is 14.9. The highest BCUT2D eigenvalue weighted by Gasteiger charge is 2.01. The van der Waals surface area contributed by atoms with E-state index in [2.05, 4.69) is 109 Å². The molecule has 7 nitrogen and oxygen atoms in total. The Morgan fingerprint density at radius 3 is 1.50 bits per heavy atom. The summed E-state index contributed by atoms with van der Waals surface area (Å²) >= 11 is 8.10. The highest BCUT2D eigenvalue weighted by Crippen LogP contribution is 2.18. The Bertz CT molecular complexity index is 944. The monoisotopic (exact) mass is 637 g/mol. The van der Waals surface area contributed by atoms with Crippen molar-refractivity contribution in [2.75, 3.05) is 0 Å². The molecule has 5 rings (SSSR count). The average molecular weight is 638 g/mol. The molecule has 40 heavy (non-hydrogen) atoms. The van der Waals surface area contributed by atoms with Crippen molar-refractivity contribution in [1.29, 1.82) is 0 Å². The number of hydrogen-bond donors (Lipinski definition) is 0. The van der Waals surface area contributed by atoms with Gasteiger partial charge in [0.2, 0.25) is 0 Å². The van der Waals surface area contributed by atoms with Crippen LogP contribution >= 0.6 is 57.1 Å². The third-order valence-corrected chi connectivity index (χ3v) is 9.89. The lowest BCUT2D eigenvalue weighted by Gasteiger charge is -1.94. The zero-order valence-electron chi connectivity index (χ0n) is 25.2. The zero-order valence-corrected chi connectivity index (χ0v) is 29.3. The van der Waals surface area contributed by atoms with E-state index in [0.29, 0.717) is 29.6 Å². The summed E-state index contributed by atoms with van der Waals surface area (Å²) in [6.45, 7) is 21.4. The topological polar surface area (TPSA) is 90.2 Å². The van der Waals surface area contributed by atoms with Crippen molar-refractivity contribution in [2.24, 2.45) is 0 Å². The van der Waals surface area contributed by atoms with Crippen LogP contribution in [0.15, 0.2) is 47.4 Å². The van der Waals surface area contributed by atoms with E-state index in [0.717, 1.165) is 10.0 Å². The first-order valence-corrected chi connectivity index (χ1v) is 17.4. The van der Waals surface area contributed by atoms with Gasteiger partial charge in [-0.1, -0.05) is 69.2 Å². The number of thiazole rings is 2. The van der Waals surface area contributed by atoms with Crippen molar-refractivity contribution in [3.63, 3.8) is 0 Å². The summed E-state index contributed by atoms with van der Waals surface area (Å²) in [6, 6.07) is 2.06. The Morgan fingerprint density at radius 2 is 1.25 bits per heavy atom. The van der Waals surface area contributed by atoms with Gasteiger partial charge in [0, 0.05) is 51.5 Å². The van der Waals surface area contributed by atoms with Gasteiger partial charge in [-0.15, -0.1) is 44.2 Å². The second-order valence-electron chi connectivity index (χ2n) is 10.0. The Kier molecular flexibility index (Phi) is 18.8. The molecule has 0 bridgehead atoms. The molecule has 0 saturated heterocycles. The van der Waals surface area contributed by atoms with Crippen LogP contribution in [0.5, 0.6) is 0 Å². The number of hydrogen-bond acceptors (Lipinski definition) is 12. The molecule has 0 aliphatic heterocycles. The Balaban J connectivity index is 0.000000250. The van der Waals surface area contributed by atoms with E-state index < -0.39 is 0 Å². The first-order chi connectivity index (χ1) is 19.0. The second-order valence-corrected chi connectivity index (χ2v) is 14.4. The quantitative estimate of drug-likeness (QED) is 0.189. The molecule has 0 amide bonds. The van der Waals surface area contributed by atoms with Gasteiger partial charge in [-0.3, -0.25) is 4.98 Å². The molecule has 5 heterocycles. The van der Waals surface area contributed by atoms with Crippen molar-refractivity contribution in [1.82, 2.24) is 33.9 Å². The highest BCUT2D eigenvalue weighted by molar-refractivity contribution is 7.10. The normalized spacial score (nSPS) is 10.4. The van der Waals surface area contributed by atoms with Crippen LogP contribution in [-0.2, 0) is 0 Å². The molecule has 0 fully saturated rings. The summed E-state index contributed by atoms with van der Waals surface area (Å²) in [5.74, 6) is 2.94. The standard InChI is InChI=1S/3C6H9NS.2C5H8N2S/c1-5(2)6-3-7-4-8-6;1-5(2)6-7-3-4-8-6;1-5(2)6-3-4-7-8-6;1-4(2)5-7-6-3-8-5;1-4(2)5-6-3-7-8-5/h3*3-5H,1-2H3;2*3-4H,1-2H3. The Hall–Kier alpha value is -1.99. The summed E-state index contributed by atoms with van der Waals surface area (Å²) in [5, 5.41) is 13.1. The van der Waals surface area contributed by atoms with Crippen LogP contribution in [0, 0.1) is 0 Å². The van der Waals surface area contributed by atoms with Crippen LogP contribution in [0.1, 0.15) is 124 Å². The third kappa shape index (κ3) is 15.7. The van der Waals surface area contributed by atoms with Gasteiger partial charge in [0.25, 0.3) is 0 Å². The SMILES string of the molecule is CC(C)c1ccns1.CC(C)c1cncs1.CC(C)c1nccs1.CC(C)c1ncns1.CC(C)c1nncs1. The predicted molar refractivity (Wildman–Crippen MR) is 177 cm³/mol. The minimum absolute atomic E-state index is 0.530. The van der Waals surface area contributed by atoms with E-state index in [-0.39, 0.29) is 0 Å². The maximum Gasteiger partial charge on any atom is 0.129 e. The Morgan fingerprint density at radius 1 is 0.575 bits per heavy atom. The van der Waals surface area contributed by atoms with E-state index in [9.17, 15) is 0 Å². The maximum absolute atomic E-state index is 4.13. The molecule has 0 unspecified atom stereocenters. The lowest BCUT2D eigenvalue weighted by molar-refractivity contribution is 0.825. The lowest BCUT2D eigenvalue weighted by Crippen LogP contribution is -1.83. The molecule has 0 spiro atoms. The molecular formula is C28H43N7S5. The van der Waals surface area contributed by atoms with Crippen LogP contribution in [0.3, 0.4) is 0 Å². The zero-order chi connectivity index (χ0) is 29.9. The molecule has 5 aromatic heterocycles. The van der Waals surface area contributed by atoms with E-state index >= 15 is 0 Å². The largest absolute Gasteiger partial charge is 0.253 e. The van der Waals surface area contributed by atoms with Gasteiger partial charge < -0.3 is 0 Å². The molecule has 0 aliphatic carbocycles. The first-order valence-electron chi connectivity index (χ1n) is 13.2. The molecule has 0 aromatic carbocycles. The van der Waals surface area contributed by atoms with Gasteiger partial charge in [0.05, 0.1) is 10.5 Å². The van der Waals surface area contributed by atoms with E-state index in [1.807, 2.05) is 29.5 Å². The van der Waals surface area contributed by atoms with Crippen molar-refractivity contribution >= 4 is 57.1 Å². The average Bonchev–Trinajstić information content (AvgIpc) is 3.74. The van der Waals surface area contributed by atoms with E-state index in [1.165, 1.54) is 26.3 Å². The van der Waals surface area contributed by atoms with Crippen LogP contribution < -0.4 is 0 Å². The smallest absolute Gasteiger partial charge is 0.129 e. The molecule has 5 aromatic rings. The summed E-state index contributed by atoms with van der Waals surface area (Å²) < 4.78 is 7.86. The molecule has 0 radical (unpaired) electrons. The number of aromatic nitrogens is 7. The van der Waals surface area contributed by atoms with Crippen molar-refractivity contribution in [2.45, 2.75) is 98.8 Å². The summed E-state index contributed by atoms with van der Waals surface area (Å²) in [7, 11) is 0. The van der Waals surface area contributed by atoms with Crippen LogP contribution in [0.4, 0.5) is 0 Å². The second kappa shape index (κ2) is 20.8. The fraction of sp³-hybridized carbons (Fsp3) is 0.536. The van der Waals surface area contributed by atoms with Gasteiger partial charge in [0.15, 0.2) is 0 Å². The van der Waals surface area contributed by atoms with E-state index in [4.69, 9.17) is 0 Å². The van der Waals surface area contributed by atoms with Gasteiger partial charge >= 0.3 is 0 Å². The third-order valence-electron chi connectivity index (χ3n) is 4.74.